The normalized spacial score (nSPS) is 23.0. The molecule has 0 saturated carbocycles. The Balaban J connectivity index is 1.50. The Hall–Kier alpha value is -2.08. The number of carbonyl (C=O) groups excluding carboxylic acids is 2. The van der Waals surface area contributed by atoms with Gasteiger partial charge in [0.2, 0.25) is 11.8 Å². The highest BCUT2D eigenvalue weighted by Gasteiger charge is 2.39. The maximum Gasteiger partial charge on any atom is 0.228 e. The van der Waals surface area contributed by atoms with Crippen LogP contribution in [0.2, 0.25) is 0 Å². The lowest BCUT2D eigenvalue weighted by Gasteiger charge is -2.36. The second-order valence-electron chi connectivity index (χ2n) is 6.72. The van der Waals surface area contributed by atoms with Gasteiger partial charge in [0.05, 0.1) is 12.0 Å². The number of amides is 2. The van der Waals surface area contributed by atoms with Crippen molar-refractivity contribution < 1.29 is 9.59 Å². The minimum atomic E-state index is -0.264. The molecule has 0 bridgehead atoms. The van der Waals surface area contributed by atoms with Gasteiger partial charge in [-0.3, -0.25) is 9.59 Å². The number of nitrogens with zero attached hydrogens (tertiary/aromatic N) is 3. The summed E-state index contributed by atoms with van der Waals surface area (Å²) in [7, 11) is 0. The zero-order valence-electron chi connectivity index (χ0n) is 14.1. The zero-order valence-corrected chi connectivity index (χ0v) is 15.6. The number of carbonyl (C=O) groups is 2. The van der Waals surface area contributed by atoms with Crippen molar-refractivity contribution in [2.45, 2.75) is 25.9 Å². The van der Waals surface area contributed by atoms with E-state index in [1.54, 1.807) is 4.90 Å². The first-order chi connectivity index (χ1) is 12.0. The second kappa shape index (κ2) is 6.33. The average Bonchev–Trinajstić information content (AvgIpc) is 3.22. The van der Waals surface area contributed by atoms with Crippen LogP contribution in [0.15, 0.2) is 47.1 Å². The molecule has 0 aliphatic carbocycles. The Morgan fingerprint density at radius 3 is 2.68 bits per heavy atom. The number of rotatable bonds is 2. The Morgan fingerprint density at radius 2 is 1.92 bits per heavy atom. The standard InChI is InChI=1S/C19H20BrN3O2/c1-13-17-3-2-8-21(17)9-10-22(13)19(25)14-11-18(24)23(12-14)16-6-4-15(20)5-7-16/h2-8,13-14H,9-12H2,1H3. The fourth-order valence-corrected chi connectivity index (χ4v) is 4.12. The van der Waals surface area contributed by atoms with Gasteiger partial charge >= 0.3 is 0 Å². The SMILES string of the molecule is CC1c2cccn2CCN1C(=O)C1CC(=O)N(c2ccc(Br)cc2)C1. The van der Waals surface area contributed by atoms with Crippen molar-refractivity contribution in [3.8, 4) is 0 Å². The van der Waals surface area contributed by atoms with E-state index in [2.05, 4.69) is 39.7 Å². The average molecular weight is 402 g/mol. The van der Waals surface area contributed by atoms with Crippen LogP contribution >= 0.6 is 15.9 Å². The molecule has 1 aromatic heterocycles. The predicted molar refractivity (Wildman–Crippen MR) is 99.2 cm³/mol. The highest BCUT2D eigenvalue weighted by Crippen LogP contribution is 2.31. The number of fused-ring (bicyclic) bond motifs is 1. The molecule has 3 heterocycles. The fourth-order valence-electron chi connectivity index (χ4n) is 3.86. The first kappa shape index (κ1) is 16.4. The highest BCUT2D eigenvalue weighted by atomic mass is 79.9. The molecule has 0 radical (unpaired) electrons. The Labute approximate surface area is 155 Å². The molecule has 1 saturated heterocycles. The van der Waals surface area contributed by atoms with Gasteiger partial charge in [0.15, 0.2) is 0 Å². The van der Waals surface area contributed by atoms with E-state index in [0.29, 0.717) is 19.5 Å². The topological polar surface area (TPSA) is 45.6 Å². The van der Waals surface area contributed by atoms with E-state index in [1.807, 2.05) is 35.2 Å². The molecule has 2 aromatic rings. The van der Waals surface area contributed by atoms with E-state index in [9.17, 15) is 9.59 Å². The van der Waals surface area contributed by atoms with Crippen LogP contribution in [0.1, 0.15) is 25.1 Å². The van der Waals surface area contributed by atoms with Crippen LogP contribution in [-0.2, 0) is 16.1 Å². The van der Waals surface area contributed by atoms with Crippen LogP contribution in [0.3, 0.4) is 0 Å². The molecular weight excluding hydrogens is 382 g/mol. The zero-order chi connectivity index (χ0) is 17.6. The second-order valence-corrected chi connectivity index (χ2v) is 7.63. The molecule has 1 fully saturated rings. The van der Waals surface area contributed by atoms with Crippen molar-refractivity contribution in [3.63, 3.8) is 0 Å². The molecule has 2 aliphatic rings. The quantitative estimate of drug-likeness (QED) is 0.775. The summed E-state index contributed by atoms with van der Waals surface area (Å²) >= 11 is 3.41. The lowest BCUT2D eigenvalue weighted by molar-refractivity contribution is -0.139. The largest absolute Gasteiger partial charge is 0.348 e. The van der Waals surface area contributed by atoms with Crippen LogP contribution in [-0.4, -0.2) is 34.4 Å². The van der Waals surface area contributed by atoms with Gasteiger partial charge in [-0.25, -0.2) is 0 Å². The number of aromatic nitrogens is 1. The molecule has 2 amide bonds. The lowest BCUT2D eigenvalue weighted by atomic mass is 10.0. The molecule has 6 heteroatoms. The molecule has 2 unspecified atom stereocenters. The van der Waals surface area contributed by atoms with E-state index in [0.717, 1.165) is 22.4 Å². The fraction of sp³-hybridized carbons (Fsp3) is 0.368. The number of hydrogen-bond donors (Lipinski definition) is 0. The maximum atomic E-state index is 13.0. The van der Waals surface area contributed by atoms with Gasteiger partial charge in [-0.15, -0.1) is 0 Å². The molecule has 0 spiro atoms. The lowest BCUT2D eigenvalue weighted by Crippen LogP contribution is -2.44. The van der Waals surface area contributed by atoms with Gasteiger partial charge in [0.25, 0.3) is 0 Å². The third kappa shape index (κ3) is 2.88. The third-order valence-electron chi connectivity index (χ3n) is 5.24. The maximum absolute atomic E-state index is 13.0. The minimum Gasteiger partial charge on any atom is -0.348 e. The summed E-state index contributed by atoms with van der Waals surface area (Å²) in [5.74, 6) is -0.151. The van der Waals surface area contributed by atoms with Crippen LogP contribution in [0.5, 0.6) is 0 Å². The summed E-state index contributed by atoms with van der Waals surface area (Å²) in [5, 5.41) is 0. The van der Waals surface area contributed by atoms with Crippen molar-refractivity contribution in [1.82, 2.24) is 9.47 Å². The van der Waals surface area contributed by atoms with Crippen molar-refractivity contribution in [3.05, 3.63) is 52.8 Å². The molecule has 5 nitrogen and oxygen atoms in total. The first-order valence-electron chi connectivity index (χ1n) is 8.56. The van der Waals surface area contributed by atoms with Crippen molar-refractivity contribution >= 4 is 33.4 Å². The Bertz CT molecular complexity index is 814. The van der Waals surface area contributed by atoms with Crippen LogP contribution < -0.4 is 4.90 Å². The number of hydrogen-bond acceptors (Lipinski definition) is 2. The van der Waals surface area contributed by atoms with E-state index < -0.39 is 0 Å². The van der Waals surface area contributed by atoms with Crippen molar-refractivity contribution in [2.75, 3.05) is 18.0 Å². The minimum absolute atomic E-state index is 0.0220. The van der Waals surface area contributed by atoms with E-state index in [-0.39, 0.29) is 23.8 Å². The van der Waals surface area contributed by atoms with Crippen molar-refractivity contribution in [1.29, 1.82) is 0 Å². The summed E-state index contributed by atoms with van der Waals surface area (Å²) in [6.07, 6.45) is 2.35. The van der Waals surface area contributed by atoms with Crippen LogP contribution in [0.25, 0.3) is 0 Å². The molecule has 130 valence electrons. The van der Waals surface area contributed by atoms with Crippen LogP contribution in [0.4, 0.5) is 5.69 Å². The van der Waals surface area contributed by atoms with Gasteiger partial charge in [-0.1, -0.05) is 15.9 Å². The molecule has 2 aliphatic heterocycles. The highest BCUT2D eigenvalue weighted by molar-refractivity contribution is 9.10. The van der Waals surface area contributed by atoms with Crippen molar-refractivity contribution in [2.24, 2.45) is 5.92 Å². The number of anilines is 1. The van der Waals surface area contributed by atoms with Crippen LogP contribution in [0, 0.1) is 5.92 Å². The monoisotopic (exact) mass is 401 g/mol. The van der Waals surface area contributed by atoms with E-state index >= 15 is 0 Å². The molecule has 25 heavy (non-hydrogen) atoms. The third-order valence-corrected chi connectivity index (χ3v) is 5.77. The summed E-state index contributed by atoms with van der Waals surface area (Å²) < 4.78 is 3.17. The molecule has 1 aromatic carbocycles. The summed E-state index contributed by atoms with van der Waals surface area (Å²) in [4.78, 5) is 29.1. The molecule has 0 N–H and O–H groups in total. The van der Waals surface area contributed by atoms with Gasteiger partial charge in [0, 0.05) is 48.1 Å². The molecule has 2 atom stereocenters. The summed E-state index contributed by atoms with van der Waals surface area (Å²) in [6, 6.07) is 11.8. The van der Waals surface area contributed by atoms with Gasteiger partial charge in [-0.05, 0) is 43.3 Å². The van der Waals surface area contributed by atoms with E-state index in [4.69, 9.17) is 0 Å². The molecule has 4 rings (SSSR count). The predicted octanol–water partition coefficient (Wildman–Crippen LogP) is 3.21. The first-order valence-corrected chi connectivity index (χ1v) is 9.35. The Morgan fingerprint density at radius 1 is 1.16 bits per heavy atom. The summed E-state index contributed by atoms with van der Waals surface area (Å²) in [5.41, 5.74) is 2.01. The van der Waals surface area contributed by atoms with Gasteiger partial charge in [-0.2, -0.15) is 0 Å². The van der Waals surface area contributed by atoms with Gasteiger partial charge < -0.3 is 14.4 Å². The van der Waals surface area contributed by atoms with E-state index in [1.165, 1.54) is 0 Å². The summed E-state index contributed by atoms with van der Waals surface area (Å²) in [6.45, 7) is 4.04. The number of halogens is 1. The molecular formula is C19H20BrN3O2. The Kier molecular flexibility index (Phi) is 4.15. The van der Waals surface area contributed by atoms with Gasteiger partial charge in [0.1, 0.15) is 0 Å². The smallest absolute Gasteiger partial charge is 0.228 e. The number of benzene rings is 1.